The molecule has 0 saturated heterocycles. The molecule has 0 radical (unpaired) electrons. The fourth-order valence-electron chi connectivity index (χ4n) is 2.86. The van der Waals surface area contributed by atoms with Crippen molar-refractivity contribution < 1.29 is 19.8 Å². The molecule has 0 aromatic carbocycles. The topological polar surface area (TPSA) is 74.6 Å². The Bertz CT molecular complexity index is 476. The summed E-state index contributed by atoms with van der Waals surface area (Å²) in [5, 5.41) is 18.5. The molecule has 4 nitrogen and oxygen atoms in total. The Labute approximate surface area is 145 Å². The zero-order valence-corrected chi connectivity index (χ0v) is 14.6. The minimum Gasteiger partial charge on any atom is -0.481 e. The fraction of sp³-hybridized carbons (Fsp3) is 0.600. The van der Waals surface area contributed by atoms with E-state index < -0.39 is 12.1 Å². The SMILES string of the molecule is CCCCC[C@@H]1C(=O)C=C[C@H]1/C=C/[C@@H](O)C/C=C\CCCC(=O)O. The first-order chi connectivity index (χ1) is 11.5. The molecule has 0 unspecified atom stereocenters. The molecule has 4 heteroatoms. The largest absolute Gasteiger partial charge is 0.481 e. The molecule has 24 heavy (non-hydrogen) atoms. The number of ketones is 1. The lowest BCUT2D eigenvalue weighted by Crippen LogP contribution is -2.15. The van der Waals surface area contributed by atoms with E-state index in [1.165, 1.54) is 0 Å². The number of rotatable bonds is 12. The van der Waals surface area contributed by atoms with E-state index in [1.54, 1.807) is 12.2 Å². The lowest BCUT2D eigenvalue weighted by atomic mass is 9.89. The summed E-state index contributed by atoms with van der Waals surface area (Å²) in [5.74, 6) is -0.442. The van der Waals surface area contributed by atoms with Gasteiger partial charge in [0.25, 0.3) is 0 Å². The predicted molar refractivity (Wildman–Crippen MR) is 95.7 cm³/mol. The molecule has 0 heterocycles. The highest BCUT2D eigenvalue weighted by Gasteiger charge is 2.27. The summed E-state index contributed by atoms with van der Waals surface area (Å²) < 4.78 is 0. The Morgan fingerprint density at radius 2 is 2.08 bits per heavy atom. The molecule has 0 aliphatic heterocycles. The van der Waals surface area contributed by atoms with Crippen LogP contribution in [0.3, 0.4) is 0 Å². The van der Waals surface area contributed by atoms with Crippen molar-refractivity contribution in [2.75, 3.05) is 0 Å². The molecule has 0 bridgehead atoms. The van der Waals surface area contributed by atoms with E-state index in [2.05, 4.69) is 6.92 Å². The molecule has 1 aliphatic rings. The van der Waals surface area contributed by atoms with Crippen molar-refractivity contribution in [3.63, 3.8) is 0 Å². The van der Waals surface area contributed by atoms with E-state index in [-0.39, 0.29) is 24.0 Å². The number of carboxylic acid groups (broad SMARTS) is 1. The van der Waals surface area contributed by atoms with Gasteiger partial charge in [0.1, 0.15) is 0 Å². The maximum Gasteiger partial charge on any atom is 0.303 e. The third-order valence-corrected chi connectivity index (χ3v) is 4.29. The van der Waals surface area contributed by atoms with Gasteiger partial charge in [0, 0.05) is 18.3 Å². The molecule has 0 aromatic heterocycles. The molecule has 3 atom stereocenters. The van der Waals surface area contributed by atoms with Crippen LogP contribution in [0.5, 0.6) is 0 Å². The number of unbranched alkanes of at least 4 members (excludes halogenated alkanes) is 3. The van der Waals surface area contributed by atoms with Gasteiger partial charge in [-0.2, -0.15) is 0 Å². The average molecular weight is 334 g/mol. The molecule has 134 valence electrons. The van der Waals surface area contributed by atoms with Gasteiger partial charge in [0.15, 0.2) is 5.78 Å². The number of carbonyl (C=O) groups is 2. The van der Waals surface area contributed by atoms with Gasteiger partial charge >= 0.3 is 5.97 Å². The lowest BCUT2D eigenvalue weighted by Gasteiger charge is -2.15. The minimum atomic E-state index is -0.779. The Balaban J connectivity index is 2.32. The van der Waals surface area contributed by atoms with E-state index in [0.717, 1.165) is 25.7 Å². The van der Waals surface area contributed by atoms with Crippen LogP contribution in [0.25, 0.3) is 0 Å². The number of hydrogen-bond acceptors (Lipinski definition) is 3. The van der Waals surface area contributed by atoms with Gasteiger partial charge in [-0.15, -0.1) is 0 Å². The van der Waals surface area contributed by atoms with Gasteiger partial charge in [-0.3, -0.25) is 9.59 Å². The van der Waals surface area contributed by atoms with Crippen molar-refractivity contribution in [2.45, 2.75) is 64.4 Å². The van der Waals surface area contributed by atoms with Gasteiger partial charge in [0.05, 0.1) is 6.10 Å². The monoisotopic (exact) mass is 334 g/mol. The number of aliphatic hydroxyl groups is 1. The summed E-state index contributed by atoms with van der Waals surface area (Å²) in [6.45, 7) is 2.15. The maximum absolute atomic E-state index is 11.9. The van der Waals surface area contributed by atoms with Crippen molar-refractivity contribution >= 4 is 11.8 Å². The highest BCUT2D eigenvalue weighted by atomic mass is 16.4. The van der Waals surface area contributed by atoms with Crippen LogP contribution >= 0.6 is 0 Å². The predicted octanol–water partition coefficient (Wildman–Crippen LogP) is 4.06. The number of aliphatic carboxylic acids is 1. The third kappa shape index (κ3) is 8.25. The molecular formula is C20H30O4. The van der Waals surface area contributed by atoms with Crippen LogP contribution in [-0.4, -0.2) is 28.1 Å². The highest BCUT2D eigenvalue weighted by molar-refractivity contribution is 5.94. The van der Waals surface area contributed by atoms with Gasteiger partial charge in [-0.25, -0.2) is 0 Å². The fourth-order valence-corrected chi connectivity index (χ4v) is 2.86. The van der Waals surface area contributed by atoms with Crippen molar-refractivity contribution in [3.8, 4) is 0 Å². The van der Waals surface area contributed by atoms with E-state index in [1.807, 2.05) is 24.3 Å². The Morgan fingerprint density at radius 1 is 1.29 bits per heavy atom. The summed E-state index contributed by atoms with van der Waals surface area (Å²) in [7, 11) is 0. The molecular weight excluding hydrogens is 304 g/mol. The van der Waals surface area contributed by atoms with Crippen molar-refractivity contribution in [1.29, 1.82) is 0 Å². The Hall–Kier alpha value is -1.68. The van der Waals surface area contributed by atoms with Crippen molar-refractivity contribution in [2.24, 2.45) is 11.8 Å². The lowest BCUT2D eigenvalue weighted by molar-refractivity contribution is -0.137. The molecule has 0 spiro atoms. The van der Waals surface area contributed by atoms with E-state index >= 15 is 0 Å². The zero-order valence-electron chi connectivity index (χ0n) is 14.6. The number of carbonyl (C=O) groups excluding carboxylic acids is 1. The summed E-state index contributed by atoms with van der Waals surface area (Å²) in [6, 6.07) is 0. The van der Waals surface area contributed by atoms with Crippen LogP contribution in [0, 0.1) is 11.8 Å². The maximum atomic E-state index is 11.9. The molecule has 0 fully saturated rings. The van der Waals surface area contributed by atoms with Crippen molar-refractivity contribution in [3.05, 3.63) is 36.5 Å². The normalized spacial score (nSPS) is 22.0. The van der Waals surface area contributed by atoms with Crippen LogP contribution in [0.2, 0.25) is 0 Å². The van der Waals surface area contributed by atoms with Crippen molar-refractivity contribution in [1.82, 2.24) is 0 Å². The third-order valence-electron chi connectivity index (χ3n) is 4.29. The first kappa shape index (κ1) is 20.4. The van der Waals surface area contributed by atoms with E-state index in [4.69, 9.17) is 5.11 Å². The second-order valence-corrected chi connectivity index (χ2v) is 6.39. The second kappa shape index (κ2) is 11.8. The number of carboxylic acids is 1. The number of allylic oxidation sites excluding steroid dienone is 4. The number of hydrogen-bond donors (Lipinski definition) is 2. The molecule has 0 aromatic rings. The highest BCUT2D eigenvalue weighted by Crippen LogP contribution is 2.28. The standard InChI is InChI=1S/C20H30O4/c1-2-3-6-10-18-16(13-15-19(18)22)12-14-17(21)9-7-4-5-8-11-20(23)24/h4,7,12-18,21H,2-3,5-6,8-11H2,1H3,(H,23,24)/b7-4-,14-12+/t16-,17+,18+/m1/s1. The minimum absolute atomic E-state index is 0.0339. The van der Waals surface area contributed by atoms with Gasteiger partial charge in [-0.1, -0.05) is 56.6 Å². The summed E-state index contributed by atoms with van der Waals surface area (Å²) in [4.78, 5) is 22.3. The zero-order chi connectivity index (χ0) is 17.8. The van der Waals surface area contributed by atoms with Crippen LogP contribution in [0.15, 0.2) is 36.5 Å². The van der Waals surface area contributed by atoms with Crippen LogP contribution < -0.4 is 0 Å². The second-order valence-electron chi connectivity index (χ2n) is 6.39. The molecule has 2 N–H and O–H groups in total. The average Bonchev–Trinajstić information content (AvgIpc) is 2.89. The molecule has 1 aliphatic carbocycles. The first-order valence-electron chi connectivity index (χ1n) is 8.99. The smallest absolute Gasteiger partial charge is 0.303 e. The Kier molecular flexibility index (Phi) is 10.0. The van der Waals surface area contributed by atoms with Gasteiger partial charge in [-0.05, 0) is 31.8 Å². The number of aliphatic hydroxyl groups excluding tert-OH is 1. The van der Waals surface area contributed by atoms with Gasteiger partial charge in [0.2, 0.25) is 0 Å². The quantitative estimate of drug-likeness (QED) is 0.417. The first-order valence-corrected chi connectivity index (χ1v) is 8.99. The summed E-state index contributed by atoms with van der Waals surface area (Å²) in [6.07, 6.45) is 16.8. The summed E-state index contributed by atoms with van der Waals surface area (Å²) in [5.41, 5.74) is 0. The van der Waals surface area contributed by atoms with Gasteiger partial charge < -0.3 is 10.2 Å². The van der Waals surface area contributed by atoms with Crippen LogP contribution in [0.4, 0.5) is 0 Å². The molecule has 0 saturated carbocycles. The van der Waals surface area contributed by atoms with E-state index in [9.17, 15) is 14.7 Å². The van der Waals surface area contributed by atoms with E-state index in [0.29, 0.717) is 19.3 Å². The Morgan fingerprint density at radius 3 is 2.79 bits per heavy atom. The van der Waals surface area contributed by atoms with Crippen LogP contribution in [-0.2, 0) is 9.59 Å². The van der Waals surface area contributed by atoms with Crippen LogP contribution in [0.1, 0.15) is 58.3 Å². The molecule has 1 rings (SSSR count). The molecule has 0 amide bonds. The summed E-state index contributed by atoms with van der Waals surface area (Å²) >= 11 is 0.